The van der Waals surface area contributed by atoms with Crippen LogP contribution in [0.1, 0.15) is 34.1 Å². The highest BCUT2D eigenvalue weighted by molar-refractivity contribution is 6.30. The van der Waals surface area contributed by atoms with Gasteiger partial charge in [0.15, 0.2) is 0 Å². The zero-order valence-corrected chi connectivity index (χ0v) is 19.7. The van der Waals surface area contributed by atoms with E-state index in [1.54, 1.807) is 0 Å². The molecule has 3 heterocycles. The summed E-state index contributed by atoms with van der Waals surface area (Å²) >= 11 is 6.60. The minimum Gasteiger partial charge on any atom is -0.353 e. The molecular formula is C26H26ClN5O. The number of pyridine rings is 1. The molecule has 168 valence electrons. The van der Waals surface area contributed by atoms with E-state index < -0.39 is 6.04 Å². The first kappa shape index (κ1) is 21.6. The van der Waals surface area contributed by atoms with Crippen LogP contribution in [0.25, 0.3) is 16.6 Å². The Balaban J connectivity index is 1.53. The highest BCUT2D eigenvalue weighted by Gasteiger charge is 2.35. The Kier molecular flexibility index (Phi) is 5.64. The first-order valence-corrected chi connectivity index (χ1v) is 11.5. The maximum atomic E-state index is 13.1. The topological polar surface area (TPSA) is 63.1 Å². The quantitative estimate of drug-likeness (QED) is 0.450. The minimum atomic E-state index is -0.444. The zero-order chi connectivity index (χ0) is 23.1. The summed E-state index contributed by atoms with van der Waals surface area (Å²) in [5.74, 6) is -0.0134. The number of hydrogen-bond donors (Lipinski definition) is 1. The van der Waals surface area contributed by atoms with Crippen molar-refractivity contribution in [2.45, 2.75) is 33.4 Å². The van der Waals surface area contributed by atoms with Crippen LogP contribution in [-0.4, -0.2) is 38.7 Å². The third-order valence-corrected chi connectivity index (χ3v) is 6.63. The van der Waals surface area contributed by atoms with Crippen molar-refractivity contribution < 1.29 is 4.79 Å². The van der Waals surface area contributed by atoms with Gasteiger partial charge in [0.05, 0.1) is 16.9 Å². The molecule has 7 heteroatoms. The summed E-state index contributed by atoms with van der Waals surface area (Å²) in [4.78, 5) is 19.9. The molecular weight excluding hydrogens is 434 g/mol. The van der Waals surface area contributed by atoms with Crippen LogP contribution in [-0.2, 0) is 11.3 Å². The van der Waals surface area contributed by atoms with Crippen molar-refractivity contribution in [1.29, 1.82) is 0 Å². The fourth-order valence-corrected chi connectivity index (χ4v) is 4.90. The summed E-state index contributed by atoms with van der Waals surface area (Å²) in [5, 5.41) is 9.33. The van der Waals surface area contributed by atoms with Gasteiger partial charge in [-0.2, -0.15) is 5.10 Å². The number of halogens is 1. The van der Waals surface area contributed by atoms with Crippen LogP contribution in [0.4, 0.5) is 0 Å². The lowest BCUT2D eigenvalue weighted by Crippen LogP contribution is -2.49. The van der Waals surface area contributed by atoms with Gasteiger partial charge in [-0.1, -0.05) is 41.9 Å². The molecule has 0 bridgehead atoms. The van der Waals surface area contributed by atoms with E-state index in [0.29, 0.717) is 24.8 Å². The number of aromatic nitrogens is 3. The number of nitrogens with one attached hydrogen (secondary N) is 1. The molecule has 1 fully saturated rings. The molecule has 1 amide bonds. The fraction of sp³-hybridized carbons (Fsp3) is 0.269. The molecule has 33 heavy (non-hydrogen) atoms. The van der Waals surface area contributed by atoms with E-state index in [9.17, 15) is 4.79 Å². The van der Waals surface area contributed by atoms with Crippen LogP contribution < -0.4 is 5.32 Å². The van der Waals surface area contributed by atoms with Gasteiger partial charge in [0.1, 0.15) is 11.2 Å². The van der Waals surface area contributed by atoms with Gasteiger partial charge >= 0.3 is 0 Å². The molecule has 2 aromatic carbocycles. The average Bonchev–Trinajstić information content (AvgIpc) is 3.09. The lowest BCUT2D eigenvalue weighted by atomic mass is 9.99. The summed E-state index contributed by atoms with van der Waals surface area (Å²) in [6, 6.07) is 17.8. The molecule has 6 nitrogen and oxygen atoms in total. The van der Waals surface area contributed by atoms with Gasteiger partial charge in [0.25, 0.3) is 0 Å². The van der Waals surface area contributed by atoms with Crippen molar-refractivity contribution in [3.8, 4) is 5.69 Å². The maximum absolute atomic E-state index is 13.1. The fourth-order valence-electron chi connectivity index (χ4n) is 4.70. The predicted octanol–water partition coefficient (Wildman–Crippen LogP) is 4.67. The first-order valence-electron chi connectivity index (χ1n) is 11.1. The van der Waals surface area contributed by atoms with Crippen molar-refractivity contribution in [2.24, 2.45) is 0 Å². The number of hydrogen-bond acceptors (Lipinski definition) is 4. The molecule has 5 rings (SSSR count). The van der Waals surface area contributed by atoms with Crippen LogP contribution in [0, 0.1) is 20.8 Å². The van der Waals surface area contributed by atoms with Gasteiger partial charge < -0.3 is 5.32 Å². The van der Waals surface area contributed by atoms with Crippen molar-refractivity contribution in [1.82, 2.24) is 25.0 Å². The molecule has 1 N–H and O–H groups in total. The molecule has 1 unspecified atom stereocenters. The molecule has 0 saturated carbocycles. The molecule has 2 aromatic heterocycles. The largest absolute Gasteiger partial charge is 0.353 e. The highest BCUT2D eigenvalue weighted by Crippen LogP contribution is 2.32. The molecule has 4 aromatic rings. The summed E-state index contributed by atoms with van der Waals surface area (Å²) in [6.45, 7) is 7.87. The van der Waals surface area contributed by atoms with E-state index in [1.165, 1.54) is 0 Å². The molecule has 1 aliphatic heterocycles. The zero-order valence-electron chi connectivity index (χ0n) is 19.0. The number of fused-ring (bicyclic) bond motifs is 1. The van der Waals surface area contributed by atoms with E-state index in [4.69, 9.17) is 16.7 Å². The Morgan fingerprint density at radius 2 is 1.88 bits per heavy atom. The van der Waals surface area contributed by atoms with Gasteiger partial charge in [-0.3, -0.25) is 9.69 Å². The van der Waals surface area contributed by atoms with E-state index in [0.717, 1.165) is 44.7 Å². The lowest BCUT2D eigenvalue weighted by molar-refractivity contribution is -0.129. The summed E-state index contributed by atoms with van der Waals surface area (Å²) in [6.07, 6.45) is 0. The molecule has 1 saturated heterocycles. The molecule has 1 atom stereocenters. The summed E-state index contributed by atoms with van der Waals surface area (Å²) in [5.41, 5.74) is 6.67. The van der Waals surface area contributed by atoms with Crippen LogP contribution in [0.2, 0.25) is 5.15 Å². The number of carbonyl (C=O) groups excluding carboxylic acids is 1. The maximum Gasteiger partial charge on any atom is 0.242 e. The number of aryl methyl sites for hydroxylation is 2. The normalized spacial score (nSPS) is 16.8. The van der Waals surface area contributed by atoms with E-state index in [1.807, 2.05) is 61.9 Å². The van der Waals surface area contributed by atoms with Crippen molar-refractivity contribution in [3.05, 3.63) is 87.8 Å². The van der Waals surface area contributed by atoms with Crippen molar-refractivity contribution >= 4 is 28.4 Å². The van der Waals surface area contributed by atoms with Crippen molar-refractivity contribution in [3.63, 3.8) is 0 Å². The Hall–Kier alpha value is -3.22. The molecule has 0 radical (unpaired) electrons. The Bertz CT molecular complexity index is 1350. The van der Waals surface area contributed by atoms with Gasteiger partial charge in [0.2, 0.25) is 5.91 Å². The second kappa shape index (κ2) is 8.61. The predicted molar refractivity (Wildman–Crippen MR) is 131 cm³/mol. The minimum absolute atomic E-state index is 0.0134. The number of nitrogens with zero attached hydrogens (tertiary/aromatic N) is 4. The second-order valence-corrected chi connectivity index (χ2v) is 8.99. The first-order chi connectivity index (χ1) is 15.9. The van der Waals surface area contributed by atoms with Gasteiger partial charge in [-0.05, 0) is 50.6 Å². The monoisotopic (exact) mass is 459 g/mol. The Morgan fingerprint density at radius 3 is 2.67 bits per heavy atom. The van der Waals surface area contributed by atoms with Gasteiger partial charge in [-0.15, -0.1) is 0 Å². The summed E-state index contributed by atoms with van der Waals surface area (Å²) in [7, 11) is 0. The second-order valence-electron chi connectivity index (χ2n) is 8.63. The number of carbonyl (C=O) groups is 1. The van der Waals surface area contributed by atoms with Crippen LogP contribution in [0.3, 0.4) is 0 Å². The highest BCUT2D eigenvalue weighted by atomic mass is 35.5. The standard InChI is InChI=1S/C26H26ClN5O/c1-16-9-10-19-14-20(25(27)29-22(19)13-16)15-31-12-11-28-26(33)24(31)23-17(2)30-32(18(23)3)21-7-5-4-6-8-21/h4-10,13-14,24H,11-12,15H2,1-3H3,(H,28,33). The lowest BCUT2D eigenvalue weighted by Gasteiger charge is -2.35. The van der Waals surface area contributed by atoms with Crippen LogP contribution >= 0.6 is 11.6 Å². The average molecular weight is 460 g/mol. The number of benzene rings is 2. The van der Waals surface area contributed by atoms with Gasteiger partial charge in [-0.25, -0.2) is 9.67 Å². The van der Waals surface area contributed by atoms with Crippen LogP contribution in [0.5, 0.6) is 0 Å². The smallest absolute Gasteiger partial charge is 0.242 e. The third-order valence-electron chi connectivity index (χ3n) is 6.31. The number of amides is 1. The number of rotatable bonds is 4. The van der Waals surface area contributed by atoms with E-state index in [2.05, 4.69) is 33.4 Å². The van der Waals surface area contributed by atoms with Crippen LogP contribution in [0.15, 0.2) is 54.6 Å². The third kappa shape index (κ3) is 4.01. The Morgan fingerprint density at radius 1 is 1.09 bits per heavy atom. The van der Waals surface area contributed by atoms with Crippen molar-refractivity contribution in [2.75, 3.05) is 13.1 Å². The van der Waals surface area contributed by atoms with E-state index in [-0.39, 0.29) is 5.91 Å². The summed E-state index contributed by atoms with van der Waals surface area (Å²) < 4.78 is 1.91. The number of para-hydroxylation sites is 1. The SMILES string of the molecule is Cc1ccc2cc(CN3CCNC(=O)C3c3c(C)nn(-c4ccccc4)c3C)c(Cl)nc2c1. The van der Waals surface area contributed by atoms with Gasteiger partial charge in [0, 0.05) is 41.8 Å². The number of piperazine rings is 1. The Labute approximate surface area is 198 Å². The molecule has 0 aliphatic carbocycles. The van der Waals surface area contributed by atoms with E-state index >= 15 is 0 Å². The molecule has 1 aliphatic rings. The molecule has 0 spiro atoms.